The highest BCUT2D eigenvalue weighted by Gasteiger charge is 2.37. The second-order valence-corrected chi connectivity index (χ2v) is 6.41. The molecule has 1 aliphatic rings. The van der Waals surface area contributed by atoms with Crippen LogP contribution in [0.2, 0.25) is 0 Å². The molecule has 3 rings (SSSR count). The maximum Gasteiger partial charge on any atom is 0.416 e. The van der Waals surface area contributed by atoms with Crippen molar-refractivity contribution in [3.8, 4) is 11.5 Å². The molecule has 0 saturated heterocycles. The molecule has 9 heteroatoms. The number of benzene rings is 2. The molecule has 0 radical (unpaired) electrons. The maximum atomic E-state index is 13.0. The monoisotopic (exact) mass is 391 g/mol. The predicted octanol–water partition coefficient (Wildman–Crippen LogP) is 4.56. The summed E-state index contributed by atoms with van der Waals surface area (Å²) in [6.07, 6.45) is -9.43. The molecular formula is C18H15F6NO2. The van der Waals surface area contributed by atoms with Gasteiger partial charge in [-0.2, -0.15) is 26.3 Å². The van der Waals surface area contributed by atoms with Gasteiger partial charge in [-0.1, -0.05) is 0 Å². The molecule has 2 aromatic carbocycles. The van der Waals surface area contributed by atoms with Crippen LogP contribution in [0.4, 0.5) is 26.3 Å². The first-order chi connectivity index (χ1) is 12.4. The number of alkyl halides is 6. The Labute approximate surface area is 150 Å². The zero-order valence-electron chi connectivity index (χ0n) is 13.7. The van der Waals surface area contributed by atoms with Crippen LogP contribution in [0.3, 0.4) is 0 Å². The molecule has 0 unspecified atom stereocenters. The van der Waals surface area contributed by atoms with Gasteiger partial charge in [-0.25, -0.2) is 0 Å². The van der Waals surface area contributed by atoms with Gasteiger partial charge in [-0.3, -0.25) is 0 Å². The van der Waals surface area contributed by atoms with E-state index in [1.807, 2.05) is 0 Å². The minimum Gasteiger partial charge on any atom is -0.504 e. The lowest BCUT2D eigenvalue weighted by Crippen LogP contribution is -2.31. The minimum absolute atomic E-state index is 0.0929. The number of hydrogen-bond donors (Lipinski definition) is 3. The molecule has 0 amide bonds. The highest BCUT2D eigenvalue weighted by atomic mass is 19.4. The van der Waals surface area contributed by atoms with E-state index < -0.39 is 35.3 Å². The minimum atomic E-state index is -4.90. The molecule has 3 nitrogen and oxygen atoms in total. The Kier molecular flexibility index (Phi) is 4.75. The van der Waals surface area contributed by atoms with E-state index in [2.05, 4.69) is 5.32 Å². The fourth-order valence-electron chi connectivity index (χ4n) is 3.22. The summed E-state index contributed by atoms with van der Waals surface area (Å²) in [7, 11) is 0. The summed E-state index contributed by atoms with van der Waals surface area (Å²) in [4.78, 5) is 0. The van der Waals surface area contributed by atoms with Crippen molar-refractivity contribution in [2.45, 2.75) is 31.2 Å². The van der Waals surface area contributed by atoms with Crippen LogP contribution in [0.5, 0.6) is 11.5 Å². The zero-order valence-corrected chi connectivity index (χ0v) is 13.7. The van der Waals surface area contributed by atoms with E-state index in [0.717, 1.165) is 0 Å². The van der Waals surface area contributed by atoms with Crippen LogP contribution in [0.1, 0.15) is 33.9 Å². The fourth-order valence-corrected chi connectivity index (χ4v) is 3.22. The third-order valence-electron chi connectivity index (χ3n) is 4.48. The Bertz CT molecular complexity index is 828. The molecule has 1 aliphatic heterocycles. The summed E-state index contributed by atoms with van der Waals surface area (Å²) in [6.45, 7) is 0.437. The first-order valence-corrected chi connectivity index (χ1v) is 8.01. The Morgan fingerprint density at radius 2 is 1.41 bits per heavy atom. The van der Waals surface area contributed by atoms with Crippen molar-refractivity contribution >= 4 is 0 Å². The van der Waals surface area contributed by atoms with E-state index in [-0.39, 0.29) is 23.8 Å². The molecule has 0 spiro atoms. The summed E-state index contributed by atoms with van der Waals surface area (Å²) in [5, 5.41) is 22.3. The molecule has 146 valence electrons. The molecule has 1 heterocycles. The Hall–Kier alpha value is -2.42. The Morgan fingerprint density at radius 3 is 1.96 bits per heavy atom. The lowest BCUT2D eigenvalue weighted by molar-refractivity contribution is -0.143. The SMILES string of the molecule is Oc1cc2c(cc1O)[C@H](Cc1cc(C(F)(F)F)cc(C(F)(F)F)c1)NCC2. The van der Waals surface area contributed by atoms with Crippen molar-refractivity contribution < 1.29 is 36.6 Å². The average molecular weight is 391 g/mol. The van der Waals surface area contributed by atoms with Gasteiger partial charge in [0.1, 0.15) is 0 Å². The van der Waals surface area contributed by atoms with Gasteiger partial charge >= 0.3 is 12.4 Å². The number of phenolic OH excluding ortho intramolecular Hbond substituents is 2. The standard InChI is InChI=1S/C18H15F6NO2/c19-17(20,21)11-3-9(4-12(7-11)18(22,23)24)5-14-13-8-16(27)15(26)6-10(13)1-2-25-14/h3-4,6-8,14,25-27H,1-2,5H2/t14-/m0/s1. The molecule has 0 saturated carbocycles. The van der Waals surface area contributed by atoms with Gasteiger partial charge in [-0.05, 0) is 66.4 Å². The van der Waals surface area contributed by atoms with Gasteiger partial charge in [0.2, 0.25) is 0 Å². The molecule has 0 aliphatic carbocycles. The number of phenols is 2. The lowest BCUT2D eigenvalue weighted by atomic mass is 9.89. The first-order valence-electron chi connectivity index (χ1n) is 8.01. The molecule has 0 bridgehead atoms. The van der Waals surface area contributed by atoms with Gasteiger partial charge in [0, 0.05) is 6.04 Å². The van der Waals surface area contributed by atoms with Gasteiger partial charge in [0.15, 0.2) is 11.5 Å². The smallest absolute Gasteiger partial charge is 0.416 e. The summed E-state index contributed by atoms with van der Waals surface area (Å²) in [6, 6.07) is 3.53. The van der Waals surface area contributed by atoms with Gasteiger partial charge in [0.25, 0.3) is 0 Å². The van der Waals surface area contributed by atoms with Crippen molar-refractivity contribution in [1.29, 1.82) is 0 Å². The lowest BCUT2D eigenvalue weighted by Gasteiger charge is -2.28. The molecule has 3 N–H and O–H groups in total. The third kappa shape index (κ3) is 4.13. The quantitative estimate of drug-likeness (QED) is 0.520. The normalized spacial score (nSPS) is 17.6. The number of rotatable bonds is 2. The van der Waals surface area contributed by atoms with Crippen LogP contribution in [0.25, 0.3) is 0 Å². The summed E-state index contributed by atoms with van der Waals surface area (Å²) in [5.74, 6) is -0.727. The van der Waals surface area contributed by atoms with Crippen molar-refractivity contribution in [3.05, 3.63) is 58.1 Å². The van der Waals surface area contributed by atoms with Crippen LogP contribution in [0.15, 0.2) is 30.3 Å². The largest absolute Gasteiger partial charge is 0.504 e. The molecule has 0 fully saturated rings. The van der Waals surface area contributed by atoms with Crippen LogP contribution < -0.4 is 5.32 Å². The van der Waals surface area contributed by atoms with Crippen LogP contribution >= 0.6 is 0 Å². The molecule has 0 aromatic heterocycles. The predicted molar refractivity (Wildman–Crippen MR) is 84.4 cm³/mol. The van der Waals surface area contributed by atoms with Gasteiger partial charge in [0.05, 0.1) is 11.1 Å². The van der Waals surface area contributed by atoms with E-state index in [4.69, 9.17) is 0 Å². The molecule has 2 aromatic rings. The summed E-state index contributed by atoms with van der Waals surface area (Å²) >= 11 is 0. The third-order valence-corrected chi connectivity index (χ3v) is 4.48. The number of hydrogen-bond acceptors (Lipinski definition) is 3. The van der Waals surface area contributed by atoms with Crippen molar-refractivity contribution in [2.24, 2.45) is 0 Å². The Balaban J connectivity index is 2.01. The summed E-state index contributed by atoms with van der Waals surface area (Å²) < 4.78 is 78.0. The molecule has 27 heavy (non-hydrogen) atoms. The van der Waals surface area contributed by atoms with E-state index in [0.29, 0.717) is 36.2 Å². The highest BCUT2D eigenvalue weighted by molar-refractivity contribution is 5.48. The van der Waals surface area contributed by atoms with Gasteiger partial charge < -0.3 is 15.5 Å². The van der Waals surface area contributed by atoms with Crippen molar-refractivity contribution in [2.75, 3.05) is 6.54 Å². The van der Waals surface area contributed by atoms with E-state index in [9.17, 15) is 36.6 Å². The van der Waals surface area contributed by atoms with Crippen molar-refractivity contribution in [1.82, 2.24) is 5.32 Å². The maximum absolute atomic E-state index is 13.0. The van der Waals surface area contributed by atoms with Gasteiger partial charge in [-0.15, -0.1) is 0 Å². The Morgan fingerprint density at radius 1 is 0.852 bits per heavy atom. The van der Waals surface area contributed by atoms with E-state index >= 15 is 0 Å². The van der Waals surface area contributed by atoms with Crippen LogP contribution in [-0.2, 0) is 25.2 Å². The molecule has 1 atom stereocenters. The number of aromatic hydroxyl groups is 2. The zero-order chi connectivity index (χ0) is 20.0. The second-order valence-electron chi connectivity index (χ2n) is 6.41. The van der Waals surface area contributed by atoms with Crippen molar-refractivity contribution in [3.63, 3.8) is 0 Å². The fraction of sp³-hybridized carbons (Fsp3) is 0.333. The van der Waals surface area contributed by atoms with E-state index in [1.54, 1.807) is 0 Å². The number of fused-ring (bicyclic) bond motifs is 1. The molecular weight excluding hydrogens is 376 g/mol. The average Bonchev–Trinajstić information content (AvgIpc) is 2.55. The first kappa shape index (κ1) is 19.3. The van der Waals surface area contributed by atoms with Crippen LogP contribution in [-0.4, -0.2) is 16.8 Å². The topological polar surface area (TPSA) is 52.5 Å². The number of nitrogens with one attached hydrogen (secondary N) is 1. The van der Waals surface area contributed by atoms with E-state index in [1.165, 1.54) is 12.1 Å². The number of halogens is 6. The summed E-state index contributed by atoms with van der Waals surface area (Å²) in [5.41, 5.74) is -1.65. The van der Waals surface area contributed by atoms with Crippen LogP contribution in [0, 0.1) is 0 Å². The second kappa shape index (κ2) is 6.63. The highest BCUT2D eigenvalue weighted by Crippen LogP contribution is 2.39.